The molecule has 0 aliphatic carbocycles. The summed E-state index contributed by atoms with van der Waals surface area (Å²) in [5, 5.41) is 17.4. The first-order chi connectivity index (χ1) is 20.7. The molecular weight excluding hydrogens is 560 g/mol. The van der Waals surface area contributed by atoms with Crippen molar-refractivity contribution in [2.24, 2.45) is 0 Å². The van der Waals surface area contributed by atoms with Crippen molar-refractivity contribution in [2.45, 2.75) is 76.0 Å². The van der Waals surface area contributed by atoms with Crippen molar-refractivity contribution in [1.29, 1.82) is 0 Å². The largest absolute Gasteiger partial charge is 0.489 e. The Morgan fingerprint density at radius 2 is 1.86 bits per heavy atom. The zero-order valence-corrected chi connectivity index (χ0v) is 26.4. The van der Waals surface area contributed by atoms with E-state index in [9.17, 15) is 4.79 Å². The summed E-state index contributed by atoms with van der Waals surface area (Å²) < 4.78 is 6.32. The fraction of sp³-hybridized carbons (Fsp3) is 0.424. The van der Waals surface area contributed by atoms with Crippen LogP contribution in [0.4, 0.5) is 23.1 Å². The van der Waals surface area contributed by atoms with E-state index < -0.39 is 5.97 Å². The molecule has 0 atom stereocenters. The van der Waals surface area contributed by atoms with Gasteiger partial charge in [-0.3, -0.25) is 4.79 Å². The summed E-state index contributed by atoms with van der Waals surface area (Å²) in [6, 6.07) is 14.6. The highest BCUT2D eigenvalue weighted by Crippen LogP contribution is 2.39. The van der Waals surface area contributed by atoms with Crippen molar-refractivity contribution in [3.05, 3.63) is 59.8 Å². The molecule has 5 rings (SSSR count). The molecule has 0 radical (unpaired) electrons. The van der Waals surface area contributed by atoms with E-state index in [4.69, 9.17) is 19.8 Å². The van der Waals surface area contributed by atoms with Gasteiger partial charge in [0.1, 0.15) is 17.2 Å². The Balaban J connectivity index is 1.41. The molecular formula is C33H42N6O3S. The maximum atomic E-state index is 11.0. The van der Waals surface area contributed by atoms with Gasteiger partial charge in [0.15, 0.2) is 0 Å². The molecule has 3 heterocycles. The van der Waals surface area contributed by atoms with Crippen molar-refractivity contribution in [2.75, 3.05) is 30.3 Å². The first kappa shape index (κ1) is 30.7. The molecule has 2 aromatic heterocycles. The number of thioether (sulfide) groups is 1. The molecule has 10 heteroatoms. The highest BCUT2D eigenvalue weighted by Gasteiger charge is 2.24. The Kier molecular flexibility index (Phi) is 9.77. The summed E-state index contributed by atoms with van der Waals surface area (Å²) >= 11 is 1.81. The fourth-order valence-corrected chi connectivity index (χ4v) is 6.49. The molecule has 0 spiro atoms. The molecule has 0 saturated carbocycles. The Morgan fingerprint density at radius 3 is 2.58 bits per heavy atom. The predicted molar refractivity (Wildman–Crippen MR) is 175 cm³/mol. The van der Waals surface area contributed by atoms with Crippen molar-refractivity contribution in [3.63, 3.8) is 0 Å². The minimum Gasteiger partial charge on any atom is -0.489 e. The molecule has 1 saturated heterocycles. The third-order valence-corrected chi connectivity index (χ3v) is 8.65. The molecule has 2 aromatic carbocycles. The van der Waals surface area contributed by atoms with E-state index in [1.54, 1.807) is 0 Å². The lowest BCUT2D eigenvalue weighted by Gasteiger charge is -2.33. The molecule has 1 fully saturated rings. The summed E-state index contributed by atoms with van der Waals surface area (Å²) in [4.78, 5) is 27.4. The molecule has 43 heavy (non-hydrogen) atoms. The number of aliphatic carboxylic acids is 1. The molecule has 1 aliphatic rings. The van der Waals surface area contributed by atoms with Crippen molar-refractivity contribution < 1.29 is 14.6 Å². The van der Waals surface area contributed by atoms with Gasteiger partial charge in [-0.25, -0.2) is 0 Å². The van der Waals surface area contributed by atoms with E-state index >= 15 is 0 Å². The molecule has 0 amide bonds. The monoisotopic (exact) mass is 602 g/mol. The number of fused-ring (bicyclic) bond motifs is 1. The number of para-hydroxylation sites is 1. The van der Waals surface area contributed by atoms with Gasteiger partial charge in [0.2, 0.25) is 5.95 Å². The lowest BCUT2D eigenvalue weighted by molar-refractivity contribution is -0.137. The SMILES string of the molecule is Cc1cc(Nc2nc(Nc3ccccc3SC(C)C)c3cc[nH]c3n2)c(OC(C)C)cc1C1CCN(CCC(=O)O)CC1. The number of piperidine rings is 1. The summed E-state index contributed by atoms with van der Waals surface area (Å²) in [5.41, 5.74) is 5.03. The molecule has 228 valence electrons. The van der Waals surface area contributed by atoms with Crippen LogP contribution in [0, 0.1) is 6.92 Å². The van der Waals surface area contributed by atoms with Crippen LogP contribution in [0.2, 0.25) is 0 Å². The number of carboxylic acids is 1. The van der Waals surface area contributed by atoms with Gasteiger partial charge in [0.25, 0.3) is 0 Å². The van der Waals surface area contributed by atoms with E-state index in [-0.39, 0.29) is 12.5 Å². The Bertz CT molecular complexity index is 1560. The zero-order valence-electron chi connectivity index (χ0n) is 25.6. The number of carboxylic acid groups (broad SMARTS) is 1. The number of anilines is 4. The Labute approximate surface area is 257 Å². The van der Waals surface area contributed by atoms with Crippen LogP contribution in [0.25, 0.3) is 11.0 Å². The normalized spacial score (nSPS) is 14.5. The molecule has 0 unspecified atom stereocenters. The average Bonchev–Trinajstić information content (AvgIpc) is 3.43. The van der Waals surface area contributed by atoms with Crippen LogP contribution in [-0.4, -0.2) is 61.9 Å². The molecule has 4 aromatic rings. The van der Waals surface area contributed by atoms with Crippen LogP contribution in [0.5, 0.6) is 5.75 Å². The first-order valence-electron chi connectivity index (χ1n) is 15.1. The quantitative estimate of drug-likeness (QED) is 0.121. The number of H-pyrrole nitrogens is 1. The van der Waals surface area contributed by atoms with Crippen molar-refractivity contribution >= 4 is 51.9 Å². The third kappa shape index (κ3) is 7.80. The van der Waals surface area contributed by atoms with E-state index in [1.165, 1.54) is 16.0 Å². The molecule has 4 N–H and O–H groups in total. The van der Waals surface area contributed by atoms with Gasteiger partial charge in [0.05, 0.1) is 29.3 Å². The topological polar surface area (TPSA) is 115 Å². The standard InChI is InChI=1S/C33H42N6O3S/c1-20(2)42-28-19-25(23-11-15-39(16-12-23)17-13-30(40)41)22(5)18-27(28)36-33-37-31-24(10-14-34-31)32(38-33)35-26-8-6-7-9-29(26)43-21(3)4/h6-10,14,18-21,23H,11-13,15-17H2,1-5H3,(H,40,41)(H3,34,35,36,37,38). The smallest absolute Gasteiger partial charge is 0.304 e. The highest BCUT2D eigenvalue weighted by atomic mass is 32.2. The van der Waals surface area contributed by atoms with Gasteiger partial charge < -0.3 is 30.4 Å². The molecule has 0 bridgehead atoms. The summed E-state index contributed by atoms with van der Waals surface area (Å²) in [6.07, 6.45) is 4.04. The number of aromatic amines is 1. The number of nitrogens with one attached hydrogen (secondary N) is 3. The van der Waals surface area contributed by atoms with Crippen LogP contribution in [0.15, 0.2) is 53.6 Å². The maximum Gasteiger partial charge on any atom is 0.304 e. The van der Waals surface area contributed by atoms with Gasteiger partial charge in [-0.15, -0.1) is 11.8 Å². The van der Waals surface area contributed by atoms with Crippen LogP contribution in [0.1, 0.15) is 64.0 Å². The first-order valence-corrected chi connectivity index (χ1v) is 15.9. The van der Waals surface area contributed by atoms with Gasteiger partial charge >= 0.3 is 5.97 Å². The van der Waals surface area contributed by atoms with Crippen LogP contribution in [0.3, 0.4) is 0 Å². The minimum atomic E-state index is -0.742. The summed E-state index contributed by atoms with van der Waals surface area (Å²) in [7, 11) is 0. The van der Waals surface area contributed by atoms with Crippen LogP contribution < -0.4 is 15.4 Å². The number of aryl methyl sites for hydroxylation is 1. The van der Waals surface area contributed by atoms with Gasteiger partial charge in [-0.2, -0.15) is 9.97 Å². The molecule has 1 aliphatic heterocycles. The minimum absolute atomic E-state index is 0.00651. The number of hydrogen-bond acceptors (Lipinski definition) is 8. The highest BCUT2D eigenvalue weighted by molar-refractivity contribution is 8.00. The van der Waals surface area contributed by atoms with Crippen molar-refractivity contribution in [1.82, 2.24) is 19.9 Å². The summed E-state index contributed by atoms with van der Waals surface area (Å²) in [6.45, 7) is 13.0. The van der Waals surface area contributed by atoms with Gasteiger partial charge in [-0.05, 0) is 94.1 Å². The van der Waals surface area contributed by atoms with Crippen LogP contribution >= 0.6 is 11.8 Å². The number of rotatable bonds is 12. The van der Waals surface area contributed by atoms with E-state index in [1.807, 2.05) is 43.9 Å². The lowest BCUT2D eigenvalue weighted by atomic mass is 9.86. The van der Waals surface area contributed by atoms with E-state index in [2.05, 4.69) is 71.6 Å². The summed E-state index contributed by atoms with van der Waals surface area (Å²) in [5.74, 6) is 1.62. The van der Waals surface area contributed by atoms with Crippen molar-refractivity contribution in [3.8, 4) is 5.75 Å². The number of aromatic nitrogens is 3. The molecule has 9 nitrogen and oxygen atoms in total. The average molecular weight is 603 g/mol. The number of likely N-dealkylation sites (tertiary alicyclic amines) is 1. The second-order valence-corrected chi connectivity index (χ2v) is 13.3. The zero-order chi connectivity index (χ0) is 30.5. The Morgan fingerprint density at radius 1 is 1.09 bits per heavy atom. The second-order valence-electron chi connectivity index (χ2n) is 11.7. The number of hydrogen-bond donors (Lipinski definition) is 4. The number of benzene rings is 2. The van der Waals surface area contributed by atoms with Gasteiger partial charge in [-0.1, -0.05) is 26.0 Å². The number of ether oxygens (including phenoxy) is 1. The second kappa shape index (κ2) is 13.7. The fourth-order valence-electron chi connectivity index (χ4n) is 5.58. The lowest BCUT2D eigenvalue weighted by Crippen LogP contribution is -2.34. The third-order valence-electron chi connectivity index (χ3n) is 7.57. The number of nitrogens with zero attached hydrogens (tertiary/aromatic N) is 3. The number of carbonyl (C=O) groups is 1. The van der Waals surface area contributed by atoms with Crippen LogP contribution in [-0.2, 0) is 4.79 Å². The van der Waals surface area contributed by atoms with Gasteiger partial charge in [0, 0.05) is 22.9 Å². The predicted octanol–water partition coefficient (Wildman–Crippen LogP) is 7.70. The van der Waals surface area contributed by atoms with E-state index in [0.29, 0.717) is 23.7 Å². The Hall–Kier alpha value is -3.76. The maximum absolute atomic E-state index is 11.0. The van der Waals surface area contributed by atoms with E-state index in [0.717, 1.165) is 59.9 Å².